The lowest BCUT2D eigenvalue weighted by atomic mass is 10.2. The van der Waals surface area contributed by atoms with Crippen molar-refractivity contribution in [2.75, 3.05) is 38.2 Å². The van der Waals surface area contributed by atoms with Crippen LogP contribution in [0, 0.1) is 12.7 Å². The molecule has 2 aromatic rings. The smallest absolute Gasteiger partial charge is 0.263 e. The summed E-state index contributed by atoms with van der Waals surface area (Å²) in [4.78, 5) is 25.5. The average molecular weight is 388 g/mol. The lowest BCUT2D eigenvalue weighted by Gasteiger charge is -2.36. The van der Waals surface area contributed by atoms with Gasteiger partial charge in [0.25, 0.3) is 5.91 Å². The number of amides is 1. The predicted molar refractivity (Wildman–Crippen MR) is 103 cm³/mol. The van der Waals surface area contributed by atoms with Crippen molar-refractivity contribution in [1.29, 1.82) is 0 Å². The molecule has 0 spiro atoms. The first kappa shape index (κ1) is 19.9. The number of halogens is 1. The van der Waals surface area contributed by atoms with Crippen LogP contribution >= 0.6 is 0 Å². The highest BCUT2D eigenvalue weighted by Crippen LogP contribution is 2.21. The summed E-state index contributed by atoms with van der Waals surface area (Å²) in [6.45, 7) is 6.00. The number of hydrogen-bond donors (Lipinski definition) is 0. The number of aryl methyl sites for hydroxylation is 1. The second-order valence-corrected chi connectivity index (χ2v) is 6.61. The monoisotopic (exact) mass is 388 g/mol. The zero-order chi connectivity index (χ0) is 20.1. The van der Waals surface area contributed by atoms with E-state index in [1.807, 2.05) is 18.7 Å². The Bertz CT molecular complexity index is 825. The van der Waals surface area contributed by atoms with E-state index in [0.29, 0.717) is 44.4 Å². The Morgan fingerprint density at radius 3 is 2.57 bits per heavy atom. The third-order valence-corrected chi connectivity index (χ3v) is 4.65. The number of benzene rings is 1. The second-order valence-electron chi connectivity index (χ2n) is 6.61. The molecule has 0 saturated carbocycles. The first-order valence-corrected chi connectivity index (χ1v) is 9.36. The van der Waals surface area contributed by atoms with Crippen molar-refractivity contribution in [2.24, 2.45) is 0 Å². The lowest BCUT2D eigenvalue weighted by molar-refractivity contribution is -0.139. The number of anilines is 1. The predicted octanol–water partition coefficient (Wildman–Crippen LogP) is 2.44. The van der Waals surface area contributed by atoms with Gasteiger partial charge in [-0.3, -0.25) is 4.79 Å². The maximum absolute atomic E-state index is 13.8. The van der Waals surface area contributed by atoms with Crippen LogP contribution in [-0.4, -0.2) is 60.2 Å². The third-order valence-electron chi connectivity index (χ3n) is 4.65. The molecule has 0 N–H and O–H groups in total. The first-order chi connectivity index (χ1) is 13.5. The summed E-state index contributed by atoms with van der Waals surface area (Å²) >= 11 is 0. The Morgan fingerprint density at radius 1 is 1.21 bits per heavy atom. The van der Waals surface area contributed by atoms with Crippen LogP contribution < -0.4 is 14.4 Å². The van der Waals surface area contributed by atoms with Crippen molar-refractivity contribution < 1.29 is 18.7 Å². The van der Waals surface area contributed by atoms with Gasteiger partial charge in [-0.25, -0.2) is 9.37 Å². The van der Waals surface area contributed by atoms with Gasteiger partial charge in [-0.1, -0.05) is 19.1 Å². The van der Waals surface area contributed by atoms with Gasteiger partial charge in [-0.05, 0) is 25.5 Å². The Hall–Kier alpha value is -2.90. The number of nitrogens with zero attached hydrogens (tertiary/aromatic N) is 4. The summed E-state index contributed by atoms with van der Waals surface area (Å²) < 4.78 is 24.7. The number of methoxy groups -OCH3 is 1. The quantitative estimate of drug-likeness (QED) is 0.757. The summed E-state index contributed by atoms with van der Waals surface area (Å²) in [7, 11) is 1.57. The molecule has 0 bridgehead atoms. The number of aromatic nitrogens is 2. The van der Waals surface area contributed by atoms with Crippen molar-refractivity contribution in [2.45, 2.75) is 26.4 Å². The van der Waals surface area contributed by atoms with Gasteiger partial charge in [0.15, 0.2) is 17.7 Å². The van der Waals surface area contributed by atoms with Crippen LogP contribution in [0.1, 0.15) is 19.0 Å². The summed E-state index contributed by atoms with van der Waals surface area (Å²) in [5.41, 5.74) is 0.824. The molecule has 1 atom stereocenters. The van der Waals surface area contributed by atoms with Gasteiger partial charge < -0.3 is 19.3 Å². The zero-order valence-electron chi connectivity index (χ0n) is 16.4. The number of carbonyl (C=O) groups is 1. The van der Waals surface area contributed by atoms with Crippen LogP contribution in [0.3, 0.4) is 0 Å². The second kappa shape index (κ2) is 8.86. The fraction of sp³-hybridized carbons (Fsp3) is 0.450. The fourth-order valence-electron chi connectivity index (χ4n) is 3.10. The summed E-state index contributed by atoms with van der Waals surface area (Å²) in [6.07, 6.45) is -0.246. The molecule has 0 aliphatic carbocycles. The first-order valence-electron chi connectivity index (χ1n) is 9.36. The molecule has 2 heterocycles. The third kappa shape index (κ3) is 4.49. The number of piperazine rings is 1. The number of hydrogen-bond acceptors (Lipinski definition) is 6. The van der Waals surface area contributed by atoms with E-state index in [4.69, 9.17) is 9.47 Å². The molecular formula is C20H25FN4O3. The number of rotatable bonds is 6. The van der Waals surface area contributed by atoms with Gasteiger partial charge in [0.2, 0.25) is 11.8 Å². The molecule has 3 rings (SSSR count). The van der Waals surface area contributed by atoms with Gasteiger partial charge in [0.05, 0.1) is 7.11 Å². The minimum Gasteiger partial charge on any atom is -0.481 e. The molecular weight excluding hydrogens is 363 g/mol. The van der Waals surface area contributed by atoms with E-state index in [1.165, 1.54) is 12.1 Å². The van der Waals surface area contributed by atoms with Crippen molar-refractivity contribution in [3.8, 4) is 11.6 Å². The Balaban J connectivity index is 1.62. The fourth-order valence-corrected chi connectivity index (χ4v) is 3.10. The molecule has 1 aromatic heterocycles. The number of carbonyl (C=O) groups excluding carboxylic acids is 1. The van der Waals surface area contributed by atoms with Gasteiger partial charge in [0, 0.05) is 37.9 Å². The molecule has 1 amide bonds. The Morgan fingerprint density at radius 2 is 1.93 bits per heavy atom. The summed E-state index contributed by atoms with van der Waals surface area (Å²) in [6, 6.07) is 7.90. The van der Waals surface area contributed by atoms with E-state index < -0.39 is 11.9 Å². The average Bonchev–Trinajstić information content (AvgIpc) is 2.72. The van der Waals surface area contributed by atoms with Crippen LogP contribution in [0.25, 0.3) is 0 Å². The maximum atomic E-state index is 13.8. The normalized spacial score (nSPS) is 15.3. The summed E-state index contributed by atoms with van der Waals surface area (Å²) in [5.74, 6) is 0.614. The minimum atomic E-state index is -0.709. The van der Waals surface area contributed by atoms with E-state index >= 15 is 0 Å². The Labute approximate surface area is 164 Å². The molecule has 1 aliphatic rings. The van der Waals surface area contributed by atoms with Crippen molar-refractivity contribution in [1.82, 2.24) is 14.9 Å². The van der Waals surface area contributed by atoms with Gasteiger partial charge in [-0.2, -0.15) is 4.98 Å². The molecule has 150 valence electrons. The zero-order valence-corrected chi connectivity index (χ0v) is 16.4. The van der Waals surface area contributed by atoms with Crippen LogP contribution in [0.15, 0.2) is 30.3 Å². The van der Waals surface area contributed by atoms with Crippen molar-refractivity contribution in [3.63, 3.8) is 0 Å². The van der Waals surface area contributed by atoms with E-state index in [9.17, 15) is 9.18 Å². The van der Waals surface area contributed by atoms with Crippen LogP contribution in [-0.2, 0) is 4.79 Å². The van der Waals surface area contributed by atoms with Gasteiger partial charge in [-0.15, -0.1) is 0 Å². The molecule has 1 unspecified atom stereocenters. The highest BCUT2D eigenvalue weighted by molar-refractivity contribution is 5.81. The van der Waals surface area contributed by atoms with E-state index in [1.54, 1.807) is 30.2 Å². The maximum Gasteiger partial charge on any atom is 0.263 e. The van der Waals surface area contributed by atoms with E-state index in [-0.39, 0.29) is 11.7 Å². The molecule has 1 saturated heterocycles. The standard InChI is InChI=1S/C20H25FN4O3/c1-4-16(28-17-8-6-5-7-15(17)21)19(26)24-9-11-25(12-10-24)20-22-14(2)13-18(23-20)27-3/h5-8,13,16H,4,9-12H2,1-3H3. The summed E-state index contributed by atoms with van der Waals surface area (Å²) in [5, 5.41) is 0. The van der Waals surface area contributed by atoms with Gasteiger partial charge in [0.1, 0.15) is 0 Å². The lowest BCUT2D eigenvalue weighted by Crippen LogP contribution is -2.52. The molecule has 8 heteroatoms. The molecule has 0 radical (unpaired) electrons. The van der Waals surface area contributed by atoms with Crippen LogP contribution in [0.4, 0.5) is 10.3 Å². The van der Waals surface area contributed by atoms with Crippen LogP contribution in [0.2, 0.25) is 0 Å². The Kier molecular flexibility index (Phi) is 6.28. The molecule has 1 aromatic carbocycles. The molecule has 28 heavy (non-hydrogen) atoms. The van der Waals surface area contributed by atoms with Gasteiger partial charge >= 0.3 is 0 Å². The highest BCUT2D eigenvalue weighted by atomic mass is 19.1. The SMILES string of the molecule is CCC(Oc1ccccc1F)C(=O)N1CCN(c2nc(C)cc(OC)n2)CC1. The largest absolute Gasteiger partial charge is 0.481 e. The number of para-hydroxylation sites is 1. The minimum absolute atomic E-state index is 0.0987. The van der Waals surface area contributed by atoms with E-state index in [0.717, 1.165) is 5.69 Å². The van der Waals surface area contributed by atoms with E-state index in [2.05, 4.69) is 9.97 Å². The van der Waals surface area contributed by atoms with Crippen molar-refractivity contribution >= 4 is 11.9 Å². The topological polar surface area (TPSA) is 67.8 Å². The molecule has 1 fully saturated rings. The molecule has 7 nitrogen and oxygen atoms in total. The molecule has 1 aliphatic heterocycles. The van der Waals surface area contributed by atoms with Crippen LogP contribution in [0.5, 0.6) is 11.6 Å². The van der Waals surface area contributed by atoms with Crippen molar-refractivity contribution in [3.05, 3.63) is 41.8 Å². The highest BCUT2D eigenvalue weighted by Gasteiger charge is 2.29. The number of ether oxygens (including phenoxy) is 2.